The molecule has 1 aromatic heterocycles. The molecule has 0 radical (unpaired) electrons. The van der Waals surface area contributed by atoms with Gasteiger partial charge in [-0.25, -0.2) is 4.79 Å². The summed E-state index contributed by atoms with van der Waals surface area (Å²) in [6.45, 7) is 6.95. The van der Waals surface area contributed by atoms with Gasteiger partial charge in [-0.15, -0.1) is 0 Å². The number of piperazine rings is 1. The van der Waals surface area contributed by atoms with Gasteiger partial charge in [0.15, 0.2) is 6.54 Å². The van der Waals surface area contributed by atoms with Crippen LogP contribution in [0.2, 0.25) is 0 Å². The van der Waals surface area contributed by atoms with Crippen LogP contribution in [0.4, 0.5) is 5.69 Å². The number of quaternary nitrogens is 2. The zero-order valence-electron chi connectivity index (χ0n) is 15.9. The van der Waals surface area contributed by atoms with Crippen molar-refractivity contribution in [3.05, 3.63) is 29.5 Å². The van der Waals surface area contributed by atoms with Crippen molar-refractivity contribution >= 4 is 28.5 Å². The molecule has 0 atom stereocenters. The van der Waals surface area contributed by atoms with E-state index >= 15 is 0 Å². The standard InChI is InChI=1S/C19H26N4O4/c1-13-3-4-14-15(11-13)20-18(19(26)27-2)17(14)21-16(25)12-23-7-5-22(6-8-23)9-10-24/h3-4,11,20,24H,5-10,12H2,1-2H3,(H,21,25)/p+2. The van der Waals surface area contributed by atoms with Crippen molar-refractivity contribution in [3.8, 4) is 0 Å². The van der Waals surface area contributed by atoms with E-state index in [-0.39, 0.29) is 18.2 Å². The highest BCUT2D eigenvalue weighted by Crippen LogP contribution is 2.29. The number of ether oxygens (including phenoxy) is 1. The summed E-state index contributed by atoms with van der Waals surface area (Å²) in [4.78, 5) is 30.4. The lowest BCUT2D eigenvalue weighted by Gasteiger charge is -2.28. The molecule has 27 heavy (non-hydrogen) atoms. The molecule has 8 heteroatoms. The second-order valence-electron chi connectivity index (χ2n) is 7.11. The molecule has 3 rings (SSSR count). The number of hydrogen-bond acceptors (Lipinski definition) is 4. The van der Waals surface area contributed by atoms with Gasteiger partial charge >= 0.3 is 5.97 Å². The number of fused-ring (bicyclic) bond motifs is 1. The van der Waals surface area contributed by atoms with E-state index in [0.717, 1.165) is 49.2 Å². The molecule has 146 valence electrons. The summed E-state index contributed by atoms with van der Waals surface area (Å²) in [5.74, 6) is -0.630. The first-order chi connectivity index (χ1) is 13.0. The number of rotatable bonds is 6. The molecule has 1 amide bonds. The number of benzene rings is 1. The van der Waals surface area contributed by atoms with Gasteiger partial charge in [-0.2, -0.15) is 0 Å². The van der Waals surface area contributed by atoms with Gasteiger partial charge in [0.2, 0.25) is 0 Å². The fourth-order valence-electron chi connectivity index (χ4n) is 3.65. The quantitative estimate of drug-likeness (QED) is 0.376. The molecular formula is C19H28N4O4+2. The zero-order chi connectivity index (χ0) is 19.4. The van der Waals surface area contributed by atoms with Crippen LogP contribution in [0.15, 0.2) is 18.2 Å². The number of aliphatic hydroxyl groups excluding tert-OH is 1. The highest BCUT2D eigenvalue weighted by Gasteiger charge is 2.26. The lowest BCUT2D eigenvalue weighted by Crippen LogP contribution is -3.28. The van der Waals surface area contributed by atoms with Gasteiger partial charge < -0.3 is 29.9 Å². The van der Waals surface area contributed by atoms with Crippen LogP contribution in [0, 0.1) is 6.92 Å². The highest BCUT2D eigenvalue weighted by molar-refractivity contribution is 6.11. The number of aryl methyl sites for hydroxylation is 1. The summed E-state index contributed by atoms with van der Waals surface area (Å²) < 4.78 is 4.85. The van der Waals surface area contributed by atoms with E-state index in [1.807, 2.05) is 25.1 Å². The molecule has 1 aliphatic rings. The lowest BCUT2D eigenvalue weighted by atomic mass is 10.1. The van der Waals surface area contributed by atoms with Gasteiger partial charge in [0.05, 0.1) is 19.4 Å². The number of hydrogen-bond donors (Lipinski definition) is 5. The highest BCUT2D eigenvalue weighted by atomic mass is 16.5. The van der Waals surface area contributed by atoms with Crippen molar-refractivity contribution in [3.63, 3.8) is 0 Å². The van der Waals surface area contributed by atoms with E-state index in [1.165, 1.54) is 16.9 Å². The van der Waals surface area contributed by atoms with Crippen molar-refractivity contribution in [2.45, 2.75) is 6.92 Å². The summed E-state index contributed by atoms with van der Waals surface area (Å²) in [5, 5.41) is 12.7. The van der Waals surface area contributed by atoms with Crippen LogP contribution in [0.25, 0.3) is 10.9 Å². The number of esters is 1. The van der Waals surface area contributed by atoms with Crippen LogP contribution in [0.3, 0.4) is 0 Å². The van der Waals surface area contributed by atoms with E-state index in [0.29, 0.717) is 12.2 Å². The average Bonchev–Trinajstić information content (AvgIpc) is 3.00. The Balaban J connectivity index is 1.72. The van der Waals surface area contributed by atoms with Crippen LogP contribution in [-0.4, -0.2) is 75.0 Å². The molecule has 1 aliphatic heterocycles. The Morgan fingerprint density at radius 2 is 1.93 bits per heavy atom. The summed E-state index contributed by atoms with van der Waals surface area (Å²) >= 11 is 0. The van der Waals surface area contributed by atoms with Gasteiger partial charge in [0.1, 0.15) is 38.4 Å². The maximum absolute atomic E-state index is 12.6. The SMILES string of the molecule is COC(=O)c1[nH]c2cc(C)ccc2c1NC(=O)C[NH+]1CC[NH+](CCO)CC1. The summed E-state index contributed by atoms with van der Waals surface area (Å²) in [7, 11) is 1.32. The number of anilines is 1. The van der Waals surface area contributed by atoms with Gasteiger partial charge in [-0.1, -0.05) is 12.1 Å². The molecule has 1 fully saturated rings. The fourth-order valence-corrected chi connectivity index (χ4v) is 3.65. The molecule has 8 nitrogen and oxygen atoms in total. The third-order valence-corrected chi connectivity index (χ3v) is 5.15. The van der Waals surface area contributed by atoms with Gasteiger partial charge in [-0.3, -0.25) is 4.79 Å². The van der Waals surface area contributed by atoms with Gasteiger partial charge in [0, 0.05) is 10.9 Å². The molecule has 0 saturated carbocycles. The maximum Gasteiger partial charge on any atom is 0.356 e. The number of aliphatic hydroxyl groups is 1. The fraction of sp³-hybridized carbons (Fsp3) is 0.474. The number of aromatic nitrogens is 1. The number of methoxy groups -OCH3 is 1. The first-order valence-corrected chi connectivity index (χ1v) is 9.30. The van der Waals surface area contributed by atoms with Crippen molar-refractivity contribution < 1.29 is 29.2 Å². The van der Waals surface area contributed by atoms with Crippen LogP contribution < -0.4 is 15.1 Å². The third-order valence-electron chi connectivity index (χ3n) is 5.15. The number of amides is 1. The smallest absolute Gasteiger partial charge is 0.356 e. The van der Waals surface area contributed by atoms with E-state index in [9.17, 15) is 9.59 Å². The van der Waals surface area contributed by atoms with Gasteiger partial charge in [0.25, 0.3) is 5.91 Å². The first-order valence-electron chi connectivity index (χ1n) is 9.30. The molecule has 5 N–H and O–H groups in total. The predicted molar refractivity (Wildman–Crippen MR) is 101 cm³/mol. The minimum Gasteiger partial charge on any atom is -0.464 e. The molecule has 2 aromatic rings. The number of H-pyrrole nitrogens is 1. The summed E-state index contributed by atoms with van der Waals surface area (Å²) in [6.07, 6.45) is 0. The zero-order valence-corrected chi connectivity index (χ0v) is 15.9. The lowest BCUT2D eigenvalue weighted by molar-refractivity contribution is -1.01. The first kappa shape index (κ1) is 19.3. The number of carbonyl (C=O) groups excluding carboxylic acids is 2. The number of aromatic amines is 1. The largest absolute Gasteiger partial charge is 0.464 e. The van der Waals surface area contributed by atoms with Gasteiger partial charge in [-0.05, 0) is 18.6 Å². The number of carbonyl (C=O) groups is 2. The minimum absolute atomic E-state index is 0.123. The van der Waals surface area contributed by atoms with Crippen molar-refractivity contribution in [1.29, 1.82) is 0 Å². The molecule has 1 aromatic carbocycles. The second-order valence-corrected chi connectivity index (χ2v) is 7.11. The molecule has 1 saturated heterocycles. The molecule has 0 unspecified atom stereocenters. The van der Waals surface area contributed by atoms with Crippen LogP contribution in [-0.2, 0) is 9.53 Å². The Morgan fingerprint density at radius 3 is 2.59 bits per heavy atom. The Hall–Kier alpha value is -2.42. The summed E-state index contributed by atoms with van der Waals surface area (Å²) in [5.41, 5.74) is 2.59. The third kappa shape index (κ3) is 4.47. The molecular weight excluding hydrogens is 348 g/mol. The minimum atomic E-state index is -0.507. The van der Waals surface area contributed by atoms with E-state index in [1.54, 1.807) is 0 Å². The van der Waals surface area contributed by atoms with Crippen LogP contribution in [0.5, 0.6) is 0 Å². The Labute approximate surface area is 158 Å². The molecule has 2 heterocycles. The second kappa shape index (κ2) is 8.51. The summed E-state index contributed by atoms with van der Waals surface area (Å²) in [6, 6.07) is 5.78. The topological polar surface area (TPSA) is 100 Å². The monoisotopic (exact) mass is 376 g/mol. The van der Waals surface area contributed by atoms with E-state index in [2.05, 4.69) is 10.3 Å². The molecule has 0 spiro atoms. The Kier molecular flexibility index (Phi) is 6.10. The van der Waals surface area contributed by atoms with E-state index in [4.69, 9.17) is 9.84 Å². The van der Waals surface area contributed by atoms with Crippen molar-refractivity contribution in [2.24, 2.45) is 0 Å². The predicted octanol–water partition coefficient (Wildman–Crippen LogP) is -2.02. The Bertz CT molecular complexity index is 824. The van der Waals surface area contributed by atoms with Crippen molar-refractivity contribution in [1.82, 2.24) is 4.98 Å². The molecule has 0 aliphatic carbocycles. The van der Waals surface area contributed by atoms with Crippen molar-refractivity contribution in [2.75, 3.05) is 58.3 Å². The number of nitrogens with one attached hydrogen (secondary N) is 4. The molecule has 0 bridgehead atoms. The van der Waals surface area contributed by atoms with E-state index < -0.39 is 5.97 Å². The van der Waals surface area contributed by atoms with Crippen LogP contribution in [0.1, 0.15) is 16.1 Å². The average molecular weight is 376 g/mol. The normalized spacial score (nSPS) is 19.8. The Morgan fingerprint density at radius 1 is 1.22 bits per heavy atom. The maximum atomic E-state index is 12.6. The van der Waals surface area contributed by atoms with Crippen LogP contribution >= 0.6 is 0 Å².